The van der Waals surface area contributed by atoms with Crippen LogP contribution in [0.3, 0.4) is 0 Å². The smallest absolute Gasteiger partial charge is 0.316 e. The minimum Gasteiger partial charge on any atom is -0.460 e. The van der Waals surface area contributed by atoms with Gasteiger partial charge < -0.3 is 25.0 Å². The first-order valence-corrected chi connectivity index (χ1v) is 14.6. The number of halogens is 1. The van der Waals surface area contributed by atoms with Crippen LogP contribution in [0.25, 0.3) is 0 Å². The van der Waals surface area contributed by atoms with Crippen molar-refractivity contribution in [1.82, 2.24) is 25.2 Å². The summed E-state index contributed by atoms with van der Waals surface area (Å²) in [6.07, 6.45) is 4.60. The topological polar surface area (TPSA) is 122 Å². The Morgan fingerprint density at radius 1 is 1.12 bits per heavy atom. The second-order valence-electron chi connectivity index (χ2n) is 10.1. The lowest BCUT2D eigenvalue weighted by molar-refractivity contribution is 0.0937. The van der Waals surface area contributed by atoms with Crippen molar-refractivity contribution < 1.29 is 23.5 Å². The largest absolute Gasteiger partial charge is 0.460 e. The standard InChI is InChI=1S/C28H34FN7O4S/c1-39-14-10-30-25(37)22-15-19(16-35-11-5-20(29)17-35)3-4-23(22)33-26(38)24-18-41-28(34-24)36-12-6-21(7-13-36)40-27-31-8-2-9-32-27/h2-4,8-9,15,18,20-21H,5-7,10-14,16-17H2,1H3,(H,30,37)(H,33,38)/t20-/m1/s1. The van der Waals surface area contributed by atoms with Gasteiger partial charge in [-0.05, 0) is 30.2 Å². The molecule has 2 aliphatic rings. The van der Waals surface area contributed by atoms with Crippen LogP contribution in [-0.2, 0) is 11.3 Å². The zero-order valence-corrected chi connectivity index (χ0v) is 23.7. The molecule has 2 N–H and O–H groups in total. The molecule has 0 saturated carbocycles. The molecule has 11 nitrogen and oxygen atoms in total. The number of rotatable bonds is 11. The molecule has 5 rings (SSSR count). The molecule has 4 heterocycles. The molecular formula is C28H34FN7O4S. The highest BCUT2D eigenvalue weighted by Crippen LogP contribution is 2.27. The average Bonchev–Trinajstić information content (AvgIpc) is 3.64. The van der Waals surface area contributed by atoms with E-state index in [0.29, 0.717) is 56.5 Å². The number of ether oxygens (including phenoxy) is 2. The summed E-state index contributed by atoms with van der Waals surface area (Å²) in [6, 6.07) is 7.45. The molecule has 41 heavy (non-hydrogen) atoms. The summed E-state index contributed by atoms with van der Waals surface area (Å²) < 4.78 is 24.6. The number of anilines is 2. The number of piperidine rings is 1. The second kappa shape index (κ2) is 13.8. The summed E-state index contributed by atoms with van der Waals surface area (Å²) in [5.74, 6) is -0.723. The molecule has 13 heteroatoms. The van der Waals surface area contributed by atoms with Crippen molar-refractivity contribution in [3.8, 4) is 6.01 Å². The van der Waals surface area contributed by atoms with Crippen molar-refractivity contribution >= 4 is 34.0 Å². The number of alkyl halides is 1. The van der Waals surface area contributed by atoms with Crippen LogP contribution in [0, 0.1) is 0 Å². The summed E-state index contributed by atoms with van der Waals surface area (Å²) in [7, 11) is 1.56. The number of aromatic nitrogens is 3. The summed E-state index contributed by atoms with van der Waals surface area (Å²) in [5, 5.41) is 8.16. The van der Waals surface area contributed by atoms with Crippen LogP contribution in [0.1, 0.15) is 45.7 Å². The fourth-order valence-electron chi connectivity index (χ4n) is 4.90. The van der Waals surface area contributed by atoms with Gasteiger partial charge in [0.1, 0.15) is 18.0 Å². The van der Waals surface area contributed by atoms with Gasteiger partial charge in [-0.2, -0.15) is 0 Å². The number of hydrogen-bond acceptors (Lipinski definition) is 10. The van der Waals surface area contributed by atoms with Gasteiger partial charge in [0.15, 0.2) is 5.13 Å². The van der Waals surface area contributed by atoms with Gasteiger partial charge in [0.25, 0.3) is 11.8 Å². The molecule has 0 unspecified atom stereocenters. The predicted molar refractivity (Wildman–Crippen MR) is 153 cm³/mol. The van der Waals surface area contributed by atoms with E-state index in [-0.39, 0.29) is 17.7 Å². The van der Waals surface area contributed by atoms with Crippen molar-refractivity contribution in [2.45, 2.75) is 38.1 Å². The molecule has 2 aliphatic heterocycles. The van der Waals surface area contributed by atoms with Gasteiger partial charge >= 0.3 is 6.01 Å². The number of nitrogens with zero attached hydrogens (tertiary/aromatic N) is 5. The highest BCUT2D eigenvalue weighted by atomic mass is 32.1. The van der Waals surface area contributed by atoms with Crippen LogP contribution in [0.15, 0.2) is 42.0 Å². The number of amides is 2. The summed E-state index contributed by atoms with van der Waals surface area (Å²) in [4.78, 5) is 43.2. The lowest BCUT2D eigenvalue weighted by Crippen LogP contribution is -2.38. The van der Waals surface area contributed by atoms with Crippen molar-refractivity contribution in [3.63, 3.8) is 0 Å². The molecule has 2 aromatic heterocycles. The molecule has 0 aliphatic carbocycles. The minimum atomic E-state index is -0.822. The van der Waals surface area contributed by atoms with E-state index in [0.717, 1.165) is 36.6 Å². The molecule has 2 amide bonds. The number of carbonyl (C=O) groups is 2. The fourth-order valence-corrected chi connectivity index (χ4v) is 5.76. The van der Waals surface area contributed by atoms with E-state index in [1.54, 1.807) is 43.1 Å². The van der Waals surface area contributed by atoms with Crippen LogP contribution in [0.2, 0.25) is 0 Å². The highest BCUT2D eigenvalue weighted by molar-refractivity contribution is 7.14. The van der Waals surface area contributed by atoms with Crippen LogP contribution in [0.4, 0.5) is 15.2 Å². The van der Waals surface area contributed by atoms with Gasteiger partial charge in [0.05, 0.1) is 17.9 Å². The predicted octanol–water partition coefficient (Wildman–Crippen LogP) is 3.15. The molecular weight excluding hydrogens is 549 g/mol. The Bertz CT molecular complexity index is 1320. The number of nitrogens with one attached hydrogen (secondary N) is 2. The van der Waals surface area contributed by atoms with Crippen molar-refractivity contribution in [2.24, 2.45) is 0 Å². The van der Waals surface area contributed by atoms with E-state index < -0.39 is 12.1 Å². The third-order valence-electron chi connectivity index (χ3n) is 7.04. The second-order valence-corrected chi connectivity index (χ2v) is 10.9. The molecule has 3 aromatic rings. The Balaban J connectivity index is 1.22. The van der Waals surface area contributed by atoms with Crippen LogP contribution in [0.5, 0.6) is 6.01 Å². The van der Waals surface area contributed by atoms with Gasteiger partial charge in [-0.15, -0.1) is 11.3 Å². The van der Waals surface area contributed by atoms with Crippen LogP contribution < -0.4 is 20.3 Å². The van der Waals surface area contributed by atoms with Crippen LogP contribution in [-0.4, -0.2) is 90.4 Å². The molecule has 1 atom stereocenters. The zero-order chi connectivity index (χ0) is 28.6. The average molecular weight is 584 g/mol. The maximum Gasteiger partial charge on any atom is 0.316 e. The van der Waals surface area contributed by atoms with E-state index in [9.17, 15) is 14.0 Å². The molecule has 1 aromatic carbocycles. The molecule has 2 saturated heterocycles. The Morgan fingerprint density at radius 2 is 1.93 bits per heavy atom. The Labute approximate surface area is 242 Å². The Hall–Kier alpha value is -3.68. The lowest BCUT2D eigenvalue weighted by Gasteiger charge is -2.31. The summed E-state index contributed by atoms with van der Waals surface area (Å²) >= 11 is 1.40. The normalized spacial score (nSPS) is 17.9. The van der Waals surface area contributed by atoms with Gasteiger partial charge in [-0.3, -0.25) is 14.5 Å². The van der Waals surface area contributed by atoms with Gasteiger partial charge in [0.2, 0.25) is 0 Å². The van der Waals surface area contributed by atoms with Gasteiger partial charge in [0, 0.05) is 77.0 Å². The first-order chi connectivity index (χ1) is 20.0. The number of benzene rings is 1. The molecule has 218 valence electrons. The Kier molecular flexibility index (Phi) is 9.70. The van der Waals surface area contributed by atoms with E-state index in [2.05, 4.69) is 30.5 Å². The minimum absolute atomic E-state index is 0.0247. The SMILES string of the molecule is COCCNC(=O)c1cc(CN2CC[C@@H](F)C2)ccc1NC(=O)c1csc(N2CCC(Oc3ncccn3)CC2)n1. The molecule has 0 spiro atoms. The van der Waals surface area contributed by atoms with E-state index in [1.807, 2.05) is 11.0 Å². The number of hydrogen-bond donors (Lipinski definition) is 2. The summed E-state index contributed by atoms with van der Waals surface area (Å²) in [5.41, 5.74) is 1.87. The monoisotopic (exact) mass is 583 g/mol. The first kappa shape index (κ1) is 28.8. The van der Waals surface area contributed by atoms with E-state index in [4.69, 9.17) is 9.47 Å². The third-order valence-corrected chi connectivity index (χ3v) is 7.94. The Morgan fingerprint density at radius 3 is 2.66 bits per heavy atom. The number of carbonyl (C=O) groups excluding carboxylic acids is 2. The quantitative estimate of drug-likeness (QED) is 0.328. The van der Waals surface area contributed by atoms with Gasteiger partial charge in [-0.25, -0.2) is 19.3 Å². The van der Waals surface area contributed by atoms with Crippen LogP contribution >= 0.6 is 11.3 Å². The number of likely N-dealkylation sites (tertiary alicyclic amines) is 1. The van der Waals surface area contributed by atoms with Crippen molar-refractivity contribution in [3.05, 3.63) is 58.9 Å². The van der Waals surface area contributed by atoms with Crippen molar-refractivity contribution in [1.29, 1.82) is 0 Å². The molecule has 0 radical (unpaired) electrons. The van der Waals surface area contributed by atoms with Gasteiger partial charge in [-0.1, -0.05) is 6.07 Å². The number of methoxy groups -OCH3 is 1. The molecule has 2 fully saturated rings. The summed E-state index contributed by atoms with van der Waals surface area (Å²) in [6.45, 7) is 3.75. The molecule has 0 bridgehead atoms. The lowest BCUT2D eigenvalue weighted by atomic mass is 10.1. The van der Waals surface area contributed by atoms with E-state index in [1.165, 1.54) is 11.3 Å². The maximum absolute atomic E-state index is 13.7. The zero-order valence-electron chi connectivity index (χ0n) is 22.9. The maximum atomic E-state index is 13.7. The third kappa shape index (κ3) is 7.75. The highest BCUT2D eigenvalue weighted by Gasteiger charge is 2.25. The van der Waals surface area contributed by atoms with Crippen molar-refractivity contribution in [2.75, 3.05) is 56.7 Å². The first-order valence-electron chi connectivity index (χ1n) is 13.7. The number of thiazole rings is 1. The fraction of sp³-hybridized carbons (Fsp3) is 0.464. The van der Waals surface area contributed by atoms with E-state index >= 15 is 0 Å².